The molecule has 0 aliphatic rings. The Labute approximate surface area is 134 Å². The Hall–Kier alpha value is 0.526. The minimum absolute atomic E-state index is 0. The SMILES string of the molecule is O=C([O-])c1ccc(S(=O)(=O)O)cc1Cl.[K+]. The first-order valence-electron chi connectivity index (χ1n) is 3.31. The summed E-state index contributed by atoms with van der Waals surface area (Å²) in [6.07, 6.45) is 0. The van der Waals surface area contributed by atoms with Gasteiger partial charge in [-0.1, -0.05) is 17.7 Å². The fourth-order valence-electron chi connectivity index (χ4n) is 0.822. The molecule has 0 fully saturated rings. The summed E-state index contributed by atoms with van der Waals surface area (Å²) in [6.45, 7) is 0. The van der Waals surface area contributed by atoms with Crippen LogP contribution in [0, 0.1) is 0 Å². The van der Waals surface area contributed by atoms with Crippen LogP contribution in [0.5, 0.6) is 0 Å². The average Bonchev–Trinajstić information content (AvgIpc) is 2.01. The van der Waals surface area contributed by atoms with Gasteiger partial charge in [0.15, 0.2) is 0 Å². The van der Waals surface area contributed by atoms with E-state index in [-0.39, 0.29) is 62.0 Å². The standard InChI is InChI=1S/C7H5ClO5S.K/c8-6-3-4(14(11,12)13)1-2-5(6)7(9)10;/h1-3H,(H,9,10)(H,11,12,13);/q;+1/p-1. The van der Waals surface area contributed by atoms with E-state index in [4.69, 9.17) is 16.2 Å². The Balaban J connectivity index is 0.00000196. The van der Waals surface area contributed by atoms with E-state index in [1.165, 1.54) is 0 Å². The van der Waals surface area contributed by atoms with E-state index in [9.17, 15) is 18.3 Å². The third-order valence-corrected chi connectivity index (χ3v) is 2.62. The molecule has 1 N–H and O–H groups in total. The normalized spacial score (nSPS) is 10.5. The van der Waals surface area contributed by atoms with Gasteiger partial charge >= 0.3 is 51.4 Å². The van der Waals surface area contributed by atoms with Gasteiger partial charge in [-0.05, 0) is 12.1 Å². The summed E-state index contributed by atoms with van der Waals surface area (Å²) < 4.78 is 29.8. The smallest absolute Gasteiger partial charge is 0.545 e. The molecule has 0 aliphatic carbocycles. The molecule has 76 valence electrons. The summed E-state index contributed by atoms with van der Waals surface area (Å²) in [4.78, 5) is 9.91. The maximum Gasteiger partial charge on any atom is 1.00 e. The maximum atomic E-state index is 10.6. The van der Waals surface area contributed by atoms with Crippen LogP contribution in [-0.4, -0.2) is 18.9 Å². The molecule has 0 aliphatic heterocycles. The molecule has 1 aromatic carbocycles. The molecular weight excluding hydrogens is 271 g/mol. The van der Waals surface area contributed by atoms with Crippen molar-refractivity contribution < 1.29 is 74.3 Å². The Morgan fingerprint density at radius 3 is 2.27 bits per heavy atom. The summed E-state index contributed by atoms with van der Waals surface area (Å²) in [5.74, 6) is -1.52. The number of aromatic carboxylic acids is 1. The zero-order valence-electron chi connectivity index (χ0n) is 7.60. The third kappa shape index (κ3) is 4.12. The number of hydrogen-bond acceptors (Lipinski definition) is 4. The van der Waals surface area contributed by atoms with E-state index in [0.29, 0.717) is 0 Å². The summed E-state index contributed by atoms with van der Waals surface area (Å²) in [6, 6.07) is 2.70. The van der Waals surface area contributed by atoms with Gasteiger partial charge in [-0.25, -0.2) is 0 Å². The van der Waals surface area contributed by atoms with Crippen molar-refractivity contribution in [3.8, 4) is 0 Å². The van der Waals surface area contributed by atoms with Gasteiger partial charge in [0.1, 0.15) is 0 Å². The molecule has 5 nitrogen and oxygen atoms in total. The van der Waals surface area contributed by atoms with Crippen molar-refractivity contribution in [1.82, 2.24) is 0 Å². The van der Waals surface area contributed by atoms with Crippen LogP contribution in [-0.2, 0) is 10.1 Å². The van der Waals surface area contributed by atoms with Crippen LogP contribution in [0.4, 0.5) is 0 Å². The van der Waals surface area contributed by atoms with Gasteiger partial charge in [-0.2, -0.15) is 8.42 Å². The second-order valence-corrected chi connectivity index (χ2v) is 4.23. The van der Waals surface area contributed by atoms with Crippen LogP contribution in [0.15, 0.2) is 23.1 Å². The van der Waals surface area contributed by atoms with Gasteiger partial charge < -0.3 is 9.90 Å². The van der Waals surface area contributed by atoms with Crippen LogP contribution in [0.1, 0.15) is 10.4 Å². The molecule has 0 unspecified atom stereocenters. The Morgan fingerprint density at radius 2 is 1.93 bits per heavy atom. The first-order chi connectivity index (χ1) is 6.32. The zero-order valence-corrected chi connectivity index (χ0v) is 12.3. The Morgan fingerprint density at radius 1 is 1.40 bits per heavy atom. The van der Waals surface area contributed by atoms with E-state index in [1.54, 1.807) is 0 Å². The fraction of sp³-hybridized carbons (Fsp3) is 0. The number of rotatable bonds is 2. The van der Waals surface area contributed by atoms with Gasteiger partial charge in [-0.3, -0.25) is 4.55 Å². The van der Waals surface area contributed by atoms with Crippen molar-refractivity contribution in [3.63, 3.8) is 0 Å². The van der Waals surface area contributed by atoms with Crippen LogP contribution >= 0.6 is 11.6 Å². The molecule has 1 rings (SSSR count). The number of halogens is 1. The first-order valence-corrected chi connectivity index (χ1v) is 5.12. The molecule has 0 aromatic heterocycles. The number of carbonyl (C=O) groups is 1. The molecule has 1 aromatic rings. The Kier molecular flexibility index (Phi) is 5.94. The summed E-state index contributed by atoms with van der Waals surface area (Å²) in [7, 11) is -4.37. The molecule has 0 radical (unpaired) electrons. The number of carbonyl (C=O) groups excluding carboxylic acids is 1. The van der Waals surface area contributed by atoms with Crippen LogP contribution in [0.2, 0.25) is 5.02 Å². The average molecular weight is 275 g/mol. The monoisotopic (exact) mass is 274 g/mol. The van der Waals surface area contributed by atoms with Gasteiger partial charge in [0.2, 0.25) is 0 Å². The first kappa shape index (κ1) is 15.5. The molecule has 8 heteroatoms. The molecule has 0 saturated heterocycles. The van der Waals surface area contributed by atoms with Crippen molar-refractivity contribution >= 4 is 27.7 Å². The van der Waals surface area contributed by atoms with Gasteiger partial charge in [-0.15, -0.1) is 0 Å². The number of carboxylic acids is 1. The molecule has 0 spiro atoms. The van der Waals surface area contributed by atoms with Crippen molar-refractivity contribution in [2.75, 3.05) is 0 Å². The molecule has 0 saturated carbocycles. The van der Waals surface area contributed by atoms with Gasteiger partial charge in [0, 0.05) is 5.56 Å². The van der Waals surface area contributed by atoms with Gasteiger partial charge in [0.25, 0.3) is 10.1 Å². The third-order valence-electron chi connectivity index (χ3n) is 1.46. The van der Waals surface area contributed by atoms with Crippen molar-refractivity contribution in [2.24, 2.45) is 0 Å². The largest absolute Gasteiger partial charge is 1.00 e. The molecule has 0 atom stereocenters. The van der Waals surface area contributed by atoms with E-state index in [2.05, 4.69) is 0 Å². The molecular formula is C7H4ClKO5S. The van der Waals surface area contributed by atoms with E-state index < -0.39 is 21.0 Å². The molecule has 0 bridgehead atoms. The van der Waals surface area contributed by atoms with Gasteiger partial charge in [0.05, 0.1) is 15.9 Å². The second-order valence-electron chi connectivity index (χ2n) is 2.40. The minimum atomic E-state index is -4.37. The number of benzene rings is 1. The zero-order chi connectivity index (χ0) is 10.9. The van der Waals surface area contributed by atoms with Crippen LogP contribution in [0.25, 0.3) is 0 Å². The molecule has 0 amide bonds. The summed E-state index contributed by atoms with van der Waals surface area (Å²) in [5.41, 5.74) is -0.334. The minimum Gasteiger partial charge on any atom is -0.545 e. The topological polar surface area (TPSA) is 94.5 Å². The Bertz CT molecular complexity index is 484. The van der Waals surface area contributed by atoms with Crippen LogP contribution < -0.4 is 56.5 Å². The summed E-state index contributed by atoms with van der Waals surface area (Å²) in [5, 5.41) is 10.1. The number of carboxylic acid groups (broad SMARTS) is 1. The van der Waals surface area contributed by atoms with Crippen LogP contribution in [0.3, 0.4) is 0 Å². The number of hydrogen-bond donors (Lipinski definition) is 1. The van der Waals surface area contributed by atoms with Crippen molar-refractivity contribution in [3.05, 3.63) is 28.8 Å². The van der Waals surface area contributed by atoms with E-state index in [0.717, 1.165) is 18.2 Å². The molecule has 0 heterocycles. The maximum absolute atomic E-state index is 10.6. The molecule has 15 heavy (non-hydrogen) atoms. The predicted molar refractivity (Wildman–Crippen MR) is 45.6 cm³/mol. The quantitative estimate of drug-likeness (QED) is 0.457. The predicted octanol–water partition coefficient (Wildman–Crippen LogP) is -3.05. The summed E-state index contributed by atoms with van der Waals surface area (Å²) >= 11 is 5.43. The van der Waals surface area contributed by atoms with Crippen molar-refractivity contribution in [1.29, 1.82) is 0 Å². The van der Waals surface area contributed by atoms with E-state index in [1.807, 2.05) is 0 Å². The second kappa shape index (κ2) is 5.74. The van der Waals surface area contributed by atoms with Crippen molar-refractivity contribution in [2.45, 2.75) is 4.90 Å². The fourth-order valence-corrected chi connectivity index (χ4v) is 1.65. The van der Waals surface area contributed by atoms with E-state index >= 15 is 0 Å².